The van der Waals surface area contributed by atoms with Crippen LogP contribution in [-0.4, -0.2) is 47.4 Å². The van der Waals surface area contributed by atoms with E-state index in [9.17, 15) is 0 Å². The second kappa shape index (κ2) is 7.41. The molecule has 1 aromatic heterocycles. The van der Waals surface area contributed by atoms with Gasteiger partial charge in [0.05, 0.1) is 0 Å². The average Bonchev–Trinajstić information content (AvgIpc) is 2.41. The lowest BCUT2D eigenvalue weighted by Crippen LogP contribution is -2.28. The van der Waals surface area contributed by atoms with Crippen molar-refractivity contribution in [2.24, 2.45) is 0 Å². The summed E-state index contributed by atoms with van der Waals surface area (Å²) >= 11 is 1.56. The minimum Gasteiger partial charge on any atom is -0.341 e. The van der Waals surface area contributed by atoms with Gasteiger partial charge in [-0.1, -0.05) is 11.8 Å². The van der Waals surface area contributed by atoms with Gasteiger partial charge in [0.1, 0.15) is 0 Å². The van der Waals surface area contributed by atoms with E-state index in [1.807, 2.05) is 6.26 Å². The van der Waals surface area contributed by atoms with E-state index in [1.54, 1.807) is 11.8 Å². The quantitative estimate of drug-likeness (QED) is 0.708. The molecule has 0 bridgehead atoms. The lowest BCUT2D eigenvalue weighted by Gasteiger charge is -2.23. The van der Waals surface area contributed by atoms with Gasteiger partial charge in [0.15, 0.2) is 5.16 Å². The Morgan fingerprint density at radius 2 is 1.17 bits per heavy atom. The SMILES string of the molecule is CCN(CC)c1nc(SC)nc(N(CC)CC)n1. The summed E-state index contributed by atoms with van der Waals surface area (Å²) in [4.78, 5) is 17.8. The Morgan fingerprint density at radius 3 is 1.44 bits per heavy atom. The zero-order valence-electron chi connectivity index (χ0n) is 12.0. The molecule has 0 fully saturated rings. The molecule has 1 aromatic rings. The third kappa shape index (κ3) is 3.48. The van der Waals surface area contributed by atoms with Crippen molar-refractivity contribution in [2.75, 3.05) is 42.2 Å². The van der Waals surface area contributed by atoms with E-state index in [2.05, 4.69) is 52.4 Å². The van der Waals surface area contributed by atoms with Crippen LogP contribution in [0.25, 0.3) is 0 Å². The fourth-order valence-corrected chi connectivity index (χ4v) is 2.07. The van der Waals surface area contributed by atoms with Gasteiger partial charge in [0.25, 0.3) is 0 Å². The monoisotopic (exact) mass is 269 g/mol. The number of nitrogens with zero attached hydrogens (tertiary/aromatic N) is 5. The summed E-state index contributed by atoms with van der Waals surface area (Å²) in [6.07, 6.45) is 1.99. The Labute approximate surface area is 114 Å². The van der Waals surface area contributed by atoms with Crippen molar-refractivity contribution in [2.45, 2.75) is 32.9 Å². The maximum atomic E-state index is 4.58. The summed E-state index contributed by atoms with van der Waals surface area (Å²) in [6, 6.07) is 0. The van der Waals surface area contributed by atoms with Gasteiger partial charge in [-0.15, -0.1) is 0 Å². The Balaban J connectivity index is 3.15. The third-order valence-corrected chi connectivity index (χ3v) is 3.41. The van der Waals surface area contributed by atoms with Crippen molar-refractivity contribution in [1.29, 1.82) is 0 Å². The molecule has 0 atom stereocenters. The smallest absolute Gasteiger partial charge is 0.231 e. The molecule has 0 saturated heterocycles. The molecule has 102 valence electrons. The number of rotatable bonds is 7. The molecule has 0 aliphatic carbocycles. The molecule has 18 heavy (non-hydrogen) atoms. The molecule has 0 radical (unpaired) electrons. The second-order valence-electron chi connectivity index (χ2n) is 3.77. The zero-order chi connectivity index (χ0) is 13.5. The Bertz CT molecular complexity index is 333. The minimum atomic E-state index is 0.779. The van der Waals surface area contributed by atoms with E-state index in [0.29, 0.717) is 0 Å². The van der Waals surface area contributed by atoms with Crippen LogP contribution < -0.4 is 9.80 Å². The van der Waals surface area contributed by atoms with Crippen molar-refractivity contribution in [1.82, 2.24) is 15.0 Å². The molecular formula is C12H23N5S. The highest BCUT2D eigenvalue weighted by Gasteiger charge is 2.13. The Kier molecular flexibility index (Phi) is 6.18. The maximum Gasteiger partial charge on any atom is 0.231 e. The van der Waals surface area contributed by atoms with E-state index in [4.69, 9.17) is 0 Å². The molecule has 0 aromatic carbocycles. The van der Waals surface area contributed by atoms with Gasteiger partial charge >= 0.3 is 0 Å². The van der Waals surface area contributed by atoms with Gasteiger partial charge in [0, 0.05) is 26.2 Å². The third-order valence-electron chi connectivity index (χ3n) is 2.87. The van der Waals surface area contributed by atoms with Crippen LogP contribution in [0.3, 0.4) is 0 Å². The van der Waals surface area contributed by atoms with Crippen molar-refractivity contribution < 1.29 is 0 Å². The van der Waals surface area contributed by atoms with Crippen molar-refractivity contribution in [3.05, 3.63) is 0 Å². The van der Waals surface area contributed by atoms with Crippen molar-refractivity contribution >= 4 is 23.7 Å². The summed E-state index contributed by atoms with van der Waals surface area (Å²) in [5.41, 5.74) is 0. The van der Waals surface area contributed by atoms with E-state index in [1.165, 1.54) is 0 Å². The molecule has 0 saturated carbocycles. The lowest BCUT2D eigenvalue weighted by molar-refractivity contribution is 0.746. The first-order chi connectivity index (χ1) is 8.69. The van der Waals surface area contributed by atoms with Crippen molar-refractivity contribution in [3.63, 3.8) is 0 Å². The van der Waals surface area contributed by atoms with Gasteiger partial charge in [0.2, 0.25) is 11.9 Å². The van der Waals surface area contributed by atoms with Gasteiger partial charge < -0.3 is 9.80 Å². The van der Waals surface area contributed by atoms with Crippen LogP contribution in [0.2, 0.25) is 0 Å². The van der Waals surface area contributed by atoms with Crippen LogP contribution in [0.1, 0.15) is 27.7 Å². The van der Waals surface area contributed by atoms with Crippen LogP contribution in [0.4, 0.5) is 11.9 Å². The van der Waals surface area contributed by atoms with Crippen LogP contribution in [0, 0.1) is 0 Å². The molecule has 0 aliphatic heterocycles. The summed E-state index contributed by atoms with van der Waals surface area (Å²) < 4.78 is 0. The van der Waals surface area contributed by atoms with E-state index >= 15 is 0 Å². The molecular weight excluding hydrogens is 246 g/mol. The molecule has 1 heterocycles. The first-order valence-corrected chi connectivity index (χ1v) is 7.72. The van der Waals surface area contributed by atoms with E-state index in [-0.39, 0.29) is 0 Å². The maximum absolute atomic E-state index is 4.58. The van der Waals surface area contributed by atoms with Gasteiger partial charge in [-0.25, -0.2) is 0 Å². The predicted molar refractivity (Wildman–Crippen MR) is 78.7 cm³/mol. The normalized spacial score (nSPS) is 10.5. The summed E-state index contributed by atoms with van der Waals surface area (Å²) in [6.45, 7) is 12.1. The predicted octanol–water partition coefficient (Wildman–Crippen LogP) is 2.29. The molecule has 0 unspecified atom stereocenters. The van der Waals surface area contributed by atoms with Crippen molar-refractivity contribution in [3.8, 4) is 0 Å². The Hall–Kier alpha value is -1.04. The van der Waals surface area contributed by atoms with Gasteiger partial charge in [-0.2, -0.15) is 15.0 Å². The summed E-state index contributed by atoms with van der Waals surface area (Å²) in [5.74, 6) is 1.56. The standard InChI is InChI=1S/C12H23N5S/c1-6-16(7-2)10-13-11(17(8-3)9-4)15-12(14-10)18-5/h6-9H2,1-5H3. The van der Waals surface area contributed by atoms with E-state index in [0.717, 1.165) is 43.2 Å². The van der Waals surface area contributed by atoms with E-state index < -0.39 is 0 Å². The first kappa shape index (κ1) is 15.0. The first-order valence-electron chi connectivity index (χ1n) is 6.49. The molecule has 0 amide bonds. The number of hydrogen-bond donors (Lipinski definition) is 0. The minimum absolute atomic E-state index is 0.779. The highest BCUT2D eigenvalue weighted by atomic mass is 32.2. The molecule has 0 N–H and O–H groups in total. The summed E-state index contributed by atoms with van der Waals surface area (Å²) in [5, 5.41) is 0.786. The average molecular weight is 269 g/mol. The number of thioether (sulfide) groups is 1. The largest absolute Gasteiger partial charge is 0.341 e. The molecule has 0 aliphatic rings. The zero-order valence-corrected chi connectivity index (χ0v) is 12.8. The molecule has 1 rings (SSSR count). The molecule has 6 heteroatoms. The number of aromatic nitrogens is 3. The molecule has 0 spiro atoms. The van der Waals surface area contributed by atoms with Crippen LogP contribution in [-0.2, 0) is 0 Å². The van der Waals surface area contributed by atoms with Crippen LogP contribution in [0.5, 0.6) is 0 Å². The second-order valence-corrected chi connectivity index (χ2v) is 4.54. The number of hydrogen-bond acceptors (Lipinski definition) is 6. The summed E-state index contributed by atoms with van der Waals surface area (Å²) in [7, 11) is 0. The number of anilines is 2. The van der Waals surface area contributed by atoms with Crippen LogP contribution in [0.15, 0.2) is 5.16 Å². The Morgan fingerprint density at radius 1 is 0.778 bits per heavy atom. The fraction of sp³-hybridized carbons (Fsp3) is 0.750. The van der Waals surface area contributed by atoms with Gasteiger partial charge in [-0.05, 0) is 34.0 Å². The lowest BCUT2D eigenvalue weighted by atomic mass is 10.5. The highest BCUT2D eigenvalue weighted by Crippen LogP contribution is 2.18. The van der Waals surface area contributed by atoms with Crippen LogP contribution >= 0.6 is 11.8 Å². The molecule has 5 nitrogen and oxygen atoms in total. The highest BCUT2D eigenvalue weighted by molar-refractivity contribution is 7.98. The van der Waals surface area contributed by atoms with Gasteiger partial charge in [-0.3, -0.25) is 0 Å². The topological polar surface area (TPSA) is 45.2 Å². The fourth-order valence-electron chi connectivity index (χ4n) is 1.72.